The summed E-state index contributed by atoms with van der Waals surface area (Å²) in [6, 6.07) is 0. The van der Waals surface area contributed by atoms with Crippen molar-refractivity contribution < 1.29 is 21.6 Å². The van der Waals surface area contributed by atoms with Crippen molar-refractivity contribution in [2.45, 2.75) is 24.9 Å². The van der Waals surface area contributed by atoms with Crippen LogP contribution in [-0.2, 0) is 10.0 Å². The lowest BCUT2D eigenvalue weighted by Crippen LogP contribution is -2.50. The number of nitrogens with one attached hydrogen (secondary N) is 1. The van der Waals surface area contributed by atoms with Crippen LogP contribution in [0.15, 0.2) is 4.90 Å². The molecule has 1 aromatic rings. The standard InChI is InChI=1S/C11H17F3N4O2S/c1-8-10(9(2)16-15-8)21(19,20)18-5-3-17(4-6-18)7-11(12,13)14/h3-7H2,1-2H3,(H,15,16). The van der Waals surface area contributed by atoms with E-state index in [1.807, 2.05) is 0 Å². The van der Waals surface area contributed by atoms with Crippen LogP contribution in [0.3, 0.4) is 0 Å². The highest BCUT2D eigenvalue weighted by molar-refractivity contribution is 7.89. The molecule has 2 rings (SSSR count). The van der Waals surface area contributed by atoms with E-state index < -0.39 is 22.7 Å². The summed E-state index contributed by atoms with van der Waals surface area (Å²) in [5, 5.41) is 6.46. The predicted molar refractivity (Wildman–Crippen MR) is 69.3 cm³/mol. The number of aromatic amines is 1. The molecule has 1 aromatic heterocycles. The Morgan fingerprint density at radius 2 is 1.76 bits per heavy atom. The molecule has 10 heteroatoms. The van der Waals surface area contributed by atoms with Gasteiger partial charge in [-0.3, -0.25) is 10.00 Å². The van der Waals surface area contributed by atoms with Crippen LogP contribution < -0.4 is 0 Å². The van der Waals surface area contributed by atoms with Crippen LogP contribution in [0.1, 0.15) is 11.4 Å². The number of H-pyrrole nitrogens is 1. The van der Waals surface area contributed by atoms with Gasteiger partial charge in [-0.15, -0.1) is 0 Å². The van der Waals surface area contributed by atoms with Crippen LogP contribution in [0.5, 0.6) is 0 Å². The summed E-state index contributed by atoms with van der Waals surface area (Å²) < 4.78 is 63.2. The summed E-state index contributed by atoms with van der Waals surface area (Å²) in [6.45, 7) is 2.39. The first-order chi connectivity index (χ1) is 9.61. The van der Waals surface area contributed by atoms with Crippen molar-refractivity contribution in [3.8, 4) is 0 Å². The Kier molecular flexibility index (Phi) is 4.31. The van der Waals surface area contributed by atoms with Gasteiger partial charge in [0.25, 0.3) is 0 Å². The Labute approximate surface area is 121 Å². The molecular formula is C11H17F3N4O2S. The molecule has 120 valence electrons. The summed E-state index contributed by atoms with van der Waals surface area (Å²) in [7, 11) is -3.72. The average Bonchev–Trinajstić information content (AvgIpc) is 2.68. The van der Waals surface area contributed by atoms with Crippen LogP contribution in [-0.4, -0.2) is 66.7 Å². The van der Waals surface area contributed by atoms with Gasteiger partial charge in [-0.05, 0) is 13.8 Å². The molecule has 0 bridgehead atoms. The highest BCUT2D eigenvalue weighted by Gasteiger charge is 2.36. The molecule has 1 saturated heterocycles. The first-order valence-electron chi connectivity index (χ1n) is 6.42. The number of hydrogen-bond donors (Lipinski definition) is 1. The van der Waals surface area contributed by atoms with E-state index in [-0.39, 0.29) is 31.1 Å². The van der Waals surface area contributed by atoms with E-state index in [0.717, 1.165) is 0 Å². The van der Waals surface area contributed by atoms with Gasteiger partial charge < -0.3 is 0 Å². The number of aromatic nitrogens is 2. The van der Waals surface area contributed by atoms with Gasteiger partial charge in [0.05, 0.1) is 17.9 Å². The molecule has 0 aliphatic carbocycles. The van der Waals surface area contributed by atoms with Crippen LogP contribution >= 0.6 is 0 Å². The molecule has 1 aliphatic rings. The molecule has 1 fully saturated rings. The lowest BCUT2D eigenvalue weighted by molar-refractivity contribution is -0.148. The van der Waals surface area contributed by atoms with E-state index in [4.69, 9.17) is 0 Å². The topological polar surface area (TPSA) is 69.3 Å². The van der Waals surface area contributed by atoms with Gasteiger partial charge in [0.15, 0.2) is 0 Å². The third-order valence-electron chi connectivity index (χ3n) is 3.39. The normalized spacial score (nSPS) is 19.1. The maximum atomic E-state index is 12.5. The molecule has 6 nitrogen and oxygen atoms in total. The van der Waals surface area contributed by atoms with E-state index in [9.17, 15) is 21.6 Å². The number of halogens is 3. The average molecular weight is 326 g/mol. The third-order valence-corrected chi connectivity index (χ3v) is 5.56. The van der Waals surface area contributed by atoms with Crippen molar-refractivity contribution in [3.63, 3.8) is 0 Å². The Hall–Kier alpha value is -1.13. The van der Waals surface area contributed by atoms with Gasteiger partial charge in [-0.25, -0.2) is 8.42 Å². The quantitative estimate of drug-likeness (QED) is 0.896. The van der Waals surface area contributed by atoms with Crippen molar-refractivity contribution in [1.82, 2.24) is 19.4 Å². The maximum absolute atomic E-state index is 12.5. The van der Waals surface area contributed by atoms with E-state index in [1.54, 1.807) is 13.8 Å². The summed E-state index contributed by atoms with van der Waals surface area (Å²) in [5.41, 5.74) is 0.801. The summed E-state index contributed by atoms with van der Waals surface area (Å²) in [4.78, 5) is 1.33. The van der Waals surface area contributed by atoms with Crippen LogP contribution in [0.4, 0.5) is 13.2 Å². The van der Waals surface area contributed by atoms with Crippen molar-refractivity contribution in [3.05, 3.63) is 11.4 Å². The maximum Gasteiger partial charge on any atom is 0.401 e. The van der Waals surface area contributed by atoms with Gasteiger partial charge >= 0.3 is 6.18 Å². The second kappa shape index (κ2) is 5.58. The lowest BCUT2D eigenvalue weighted by atomic mass is 10.3. The molecule has 0 amide bonds. The fraction of sp³-hybridized carbons (Fsp3) is 0.727. The molecule has 0 radical (unpaired) electrons. The number of nitrogens with zero attached hydrogens (tertiary/aromatic N) is 3. The molecule has 1 aliphatic heterocycles. The number of hydrogen-bond acceptors (Lipinski definition) is 4. The Bertz CT molecular complexity index is 584. The van der Waals surface area contributed by atoms with Crippen molar-refractivity contribution in [2.24, 2.45) is 0 Å². The highest BCUT2D eigenvalue weighted by Crippen LogP contribution is 2.24. The van der Waals surface area contributed by atoms with Crippen molar-refractivity contribution in [1.29, 1.82) is 0 Å². The SMILES string of the molecule is Cc1n[nH]c(C)c1S(=O)(=O)N1CCN(CC(F)(F)F)CC1. The zero-order valence-electron chi connectivity index (χ0n) is 11.7. The predicted octanol–water partition coefficient (Wildman–Crippen LogP) is 0.895. The molecular weight excluding hydrogens is 309 g/mol. The number of rotatable bonds is 3. The number of aryl methyl sites for hydroxylation is 2. The second-order valence-electron chi connectivity index (χ2n) is 5.06. The summed E-state index contributed by atoms with van der Waals surface area (Å²) >= 11 is 0. The Balaban J connectivity index is 2.08. The minimum atomic E-state index is -4.27. The van der Waals surface area contributed by atoms with Crippen molar-refractivity contribution >= 4 is 10.0 Å². The molecule has 0 saturated carbocycles. The molecule has 0 aromatic carbocycles. The molecule has 2 heterocycles. The van der Waals surface area contributed by atoms with Gasteiger partial charge in [-0.1, -0.05) is 0 Å². The van der Waals surface area contributed by atoms with Crippen LogP contribution in [0, 0.1) is 13.8 Å². The number of sulfonamides is 1. The lowest BCUT2D eigenvalue weighted by Gasteiger charge is -2.34. The third kappa shape index (κ3) is 3.55. The first-order valence-corrected chi connectivity index (χ1v) is 7.86. The van der Waals surface area contributed by atoms with Gasteiger partial charge in [0.2, 0.25) is 10.0 Å². The number of alkyl halides is 3. The Morgan fingerprint density at radius 3 is 2.19 bits per heavy atom. The van der Waals surface area contributed by atoms with E-state index in [0.29, 0.717) is 11.4 Å². The van der Waals surface area contributed by atoms with E-state index >= 15 is 0 Å². The largest absolute Gasteiger partial charge is 0.401 e. The summed E-state index contributed by atoms with van der Waals surface area (Å²) in [6.07, 6.45) is -4.27. The summed E-state index contributed by atoms with van der Waals surface area (Å²) in [5.74, 6) is 0. The van der Waals surface area contributed by atoms with Gasteiger partial charge in [-0.2, -0.15) is 22.6 Å². The fourth-order valence-electron chi connectivity index (χ4n) is 2.43. The first kappa shape index (κ1) is 16.2. The molecule has 1 N–H and O–H groups in total. The molecule has 21 heavy (non-hydrogen) atoms. The van der Waals surface area contributed by atoms with Gasteiger partial charge in [0.1, 0.15) is 4.90 Å². The minimum Gasteiger partial charge on any atom is -0.292 e. The minimum absolute atomic E-state index is 0.0441. The monoisotopic (exact) mass is 326 g/mol. The van der Waals surface area contributed by atoms with Crippen LogP contribution in [0.25, 0.3) is 0 Å². The van der Waals surface area contributed by atoms with Crippen molar-refractivity contribution in [2.75, 3.05) is 32.7 Å². The molecule has 0 unspecified atom stereocenters. The highest BCUT2D eigenvalue weighted by atomic mass is 32.2. The smallest absolute Gasteiger partial charge is 0.292 e. The zero-order chi connectivity index (χ0) is 15.8. The Morgan fingerprint density at radius 1 is 1.19 bits per heavy atom. The van der Waals surface area contributed by atoms with E-state index in [2.05, 4.69) is 10.2 Å². The van der Waals surface area contributed by atoms with Crippen LogP contribution in [0.2, 0.25) is 0 Å². The van der Waals surface area contributed by atoms with Gasteiger partial charge in [0, 0.05) is 26.2 Å². The van der Waals surface area contributed by atoms with E-state index in [1.165, 1.54) is 9.21 Å². The fourth-order valence-corrected chi connectivity index (χ4v) is 4.19. The number of piperazine rings is 1. The second-order valence-corrected chi connectivity index (χ2v) is 6.93. The molecule has 0 spiro atoms. The molecule has 0 atom stereocenters. The zero-order valence-corrected chi connectivity index (χ0v) is 12.6.